The number of carboxylic acid groups (broad SMARTS) is 1. The Morgan fingerprint density at radius 2 is 2.35 bits per heavy atom. The van der Waals surface area contributed by atoms with Crippen molar-refractivity contribution in [2.24, 2.45) is 0 Å². The molecular formula is C13H15N3O4. The van der Waals surface area contributed by atoms with Gasteiger partial charge in [0.1, 0.15) is 6.04 Å². The molecule has 1 aromatic rings. The van der Waals surface area contributed by atoms with Crippen molar-refractivity contribution >= 4 is 17.9 Å². The summed E-state index contributed by atoms with van der Waals surface area (Å²) in [5.41, 5.74) is 0.809. The number of likely N-dealkylation sites (tertiary alicyclic amines) is 1. The number of carbonyl (C=O) groups excluding carboxylic acids is 2. The summed E-state index contributed by atoms with van der Waals surface area (Å²) >= 11 is 0. The Balaban J connectivity index is 2.06. The third kappa shape index (κ3) is 2.61. The summed E-state index contributed by atoms with van der Waals surface area (Å²) in [4.78, 5) is 39.0. The molecule has 7 nitrogen and oxygen atoms in total. The Labute approximate surface area is 115 Å². The molecule has 1 saturated heterocycles. The van der Waals surface area contributed by atoms with Gasteiger partial charge in [-0.2, -0.15) is 0 Å². The molecule has 2 atom stereocenters. The first-order valence-electron chi connectivity index (χ1n) is 6.29. The number of urea groups is 1. The highest BCUT2D eigenvalue weighted by atomic mass is 16.4. The van der Waals surface area contributed by atoms with Gasteiger partial charge in [0.25, 0.3) is 0 Å². The van der Waals surface area contributed by atoms with Crippen LogP contribution in [0.25, 0.3) is 0 Å². The van der Waals surface area contributed by atoms with E-state index >= 15 is 0 Å². The first-order valence-corrected chi connectivity index (χ1v) is 6.29. The van der Waals surface area contributed by atoms with Gasteiger partial charge in [0.2, 0.25) is 5.91 Å². The lowest BCUT2D eigenvalue weighted by atomic mass is 10.0. The first-order chi connectivity index (χ1) is 9.54. The summed E-state index contributed by atoms with van der Waals surface area (Å²) in [6.45, 7) is 1.88. The van der Waals surface area contributed by atoms with Gasteiger partial charge in [-0.05, 0) is 18.1 Å². The summed E-state index contributed by atoms with van der Waals surface area (Å²) in [7, 11) is 0. The number of nitrogens with one attached hydrogen (secondary N) is 1. The first kappa shape index (κ1) is 14.0. The van der Waals surface area contributed by atoms with E-state index in [2.05, 4.69) is 10.3 Å². The molecule has 0 aromatic carbocycles. The van der Waals surface area contributed by atoms with Gasteiger partial charge in [-0.1, -0.05) is 13.0 Å². The number of imide groups is 1. The van der Waals surface area contributed by atoms with Gasteiger partial charge in [-0.15, -0.1) is 0 Å². The fourth-order valence-electron chi connectivity index (χ4n) is 2.09. The Kier molecular flexibility index (Phi) is 3.97. The minimum absolute atomic E-state index is 0.133. The highest BCUT2D eigenvalue weighted by Crippen LogP contribution is 2.22. The Hall–Kier alpha value is -2.44. The zero-order chi connectivity index (χ0) is 14.7. The van der Waals surface area contributed by atoms with Gasteiger partial charge >= 0.3 is 12.0 Å². The van der Waals surface area contributed by atoms with Crippen LogP contribution in [0.1, 0.15) is 31.4 Å². The molecule has 7 heteroatoms. The molecular weight excluding hydrogens is 262 g/mol. The quantitative estimate of drug-likeness (QED) is 0.797. The average molecular weight is 277 g/mol. The van der Waals surface area contributed by atoms with E-state index in [-0.39, 0.29) is 12.5 Å². The maximum absolute atomic E-state index is 12.0. The molecule has 0 radical (unpaired) electrons. The van der Waals surface area contributed by atoms with E-state index in [0.717, 1.165) is 10.5 Å². The van der Waals surface area contributed by atoms with Gasteiger partial charge in [-0.3, -0.25) is 9.78 Å². The molecule has 2 unspecified atom stereocenters. The van der Waals surface area contributed by atoms with Crippen LogP contribution in [0.15, 0.2) is 24.5 Å². The Morgan fingerprint density at radius 3 is 2.85 bits per heavy atom. The van der Waals surface area contributed by atoms with Crippen molar-refractivity contribution in [2.75, 3.05) is 0 Å². The van der Waals surface area contributed by atoms with Crippen LogP contribution in [0.5, 0.6) is 0 Å². The maximum atomic E-state index is 12.0. The van der Waals surface area contributed by atoms with Crippen LogP contribution in [0.3, 0.4) is 0 Å². The van der Waals surface area contributed by atoms with Crippen molar-refractivity contribution in [3.05, 3.63) is 30.1 Å². The number of carboxylic acids is 1. The van der Waals surface area contributed by atoms with E-state index in [1.807, 2.05) is 13.0 Å². The van der Waals surface area contributed by atoms with Gasteiger partial charge in [0.15, 0.2) is 0 Å². The standard InChI is InChI=1S/C13H15N3O4/c1-2-9(8-4-3-5-14-7-8)15-13(20)16-10(12(18)19)6-11(16)17/h3-5,7,9-10H,2,6H2,1H3,(H,15,20)(H,18,19). The fourth-order valence-corrected chi connectivity index (χ4v) is 2.09. The molecule has 0 bridgehead atoms. The number of aromatic nitrogens is 1. The van der Waals surface area contributed by atoms with E-state index < -0.39 is 23.9 Å². The molecule has 2 N–H and O–H groups in total. The SMILES string of the molecule is CCC(NC(=O)N1C(=O)CC1C(=O)O)c1cccnc1. The van der Waals surface area contributed by atoms with Crippen molar-refractivity contribution in [3.8, 4) is 0 Å². The second-order valence-electron chi connectivity index (χ2n) is 4.52. The van der Waals surface area contributed by atoms with Crippen LogP contribution in [-0.4, -0.2) is 38.9 Å². The number of hydrogen-bond donors (Lipinski definition) is 2. The topological polar surface area (TPSA) is 99.6 Å². The van der Waals surface area contributed by atoms with Crippen LogP contribution in [0, 0.1) is 0 Å². The maximum Gasteiger partial charge on any atom is 0.327 e. The van der Waals surface area contributed by atoms with Crippen molar-refractivity contribution in [1.29, 1.82) is 0 Å². The molecule has 2 heterocycles. The van der Waals surface area contributed by atoms with Gasteiger partial charge in [-0.25, -0.2) is 14.5 Å². The van der Waals surface area contributed by atoms with Crippen LogP contribution < -0.4 is 5.32 Å². The van der Waals surface area contributed by atoms with Gasteiger partial charge < -0.3 is 10.4 Å². The van der Waals surface area contributed by atoms with E-state index in [4.69, 9.17) is 5.11 Å². The minimum atomic E-state index is -1.17. The zero-order valence-corrected chi connectivity index (χ0v) is 10.9. The smallest absolute Gasteiger partial charge is 0.327 e. The molecule has 1 aromatic heterocycles. The number of carbonyl (C=O) groups is 3. The van der Waals surface area contributed by atoms with Crippen molar-refractivity contribution in [3.63, 3.8) is 0 Å². The van der Waals surface area contributed by atoms with Gasteiger partial charge in [0, 0.05) is 12.4 Å². The molecule has 1 fully saturated rings. The third-order valence-corrected chi connectivity index (χ3v) is 3.24. The minimum Gasteiger partial charge on any atom is -0.480 e. The van der Waals surface area contributed by atoms with Crippen LogP contribution in [0.2, 0.25) is 0 Å². The summed E-state index contributed by atoms with van der Waals surface area (Å²) in [6, 6.07) is 1.52. The summed E-state index contributed by atoms with van der Waals surface area (Å²) in [5.74, 6) is -1.65. The number of β-lactam (4-membered cyclic amide) rings is 1. The second-order valence-corrected chi connectivity index (χ2v) is 4.52. The summed E-state index contributed by atoms with van der Waals surface area (Å²) < 4.78 is 0. The van der Waals surface area contributed by atoms with E-state index in [1.165, 1.54) is 0 Å². The van der Waals surface area contributed by atoms with Crippen LogP contribution >= 0.6 is 0 Å². The summed E-state index contributed by atoms with van der Waals surface area (Å²) in [5, 5.41) is 11.6. The highest BCUT2D eigenvalue weighted by molar-refractivity contribution is 6.05. The lowest BCUT2D eigenvalue weighted by Crippen LogP contribution is -2.62. The molecule has 3 amide bonds. The van der Waals surface area contributed by atoms with E-state index in [9.17, 15) is 14.4 Å². The van der Waals surface area contributed by atoms with Crippen molar-refractivity contribution < 1.29 is 19.5 Å². The molecule has 106 valence electrons. The van der Waals surface area contributed by atoms with Crippen molar-refractivity contribution in [2.45, 2.75) is 31.8 Å². The number of hydrogen-bond acceptors (Lipinski definition) is 4. The normalized spacial score (nSPS) is 19.1. The van der Waals surface area contributed by atoms with E-state index in [0.29, 0.717) is 6.42 Å². The summed E-state index contributed by atoms with van der Waals surface area (Å²) in [6.07, 6.45) is 3.72. The largest absolute Gasteiger partial charge is 0.480 e. The molecule has 1 aliphatic rings. The second kappa shape index (κ2) is 5.68. The molecule has 0 saturated carbocycles. The number of aliphatic carboxylic acids is 1. The lowest BCUT2D eigenvalue weighted by molar-refractivity contribution is -0.157. The number of rotatable bonds is 4. The lowest BCUT2D eigenvalue weighted by Gasteiger charge is -2.36. The highest BCUT2D eigenvalue weighted by Gasteiger charge is 2.45. The predicted molar refractivity (Wildman–Crippen MR) is 68.7 cm³/mol. The van der Waals surface area contributed by atoms with Gasteiger partial charge in [0.05, 0.1) is 12.5 Å². The van der Waals surface area contributed by atoms with E-state index in [1.54, 1.807) is 18.5 Å². The van der Waals surface area contributed by atoms with Crippen molar-refractivity contribution in [1.82, 2.24) is 15.2 Å². The average Bonchev–Trinajstić information content (AvgIpc) is 2.42. The Morgan fingerprint density at radius 1 is 1.60 bits per heavy atom. The van der Waals surface area contributed by atoms with Crippen LogP contribution in [-0.2, 0) is 9.59 Å². The number of pyridine rings is 1. The predicted octanol–water partition coefficient (Wildman–Crippen LogP) is 0.928. The molecule has 20 heavy (non-hydrogen) atoms. The monoisotopic (exact) mass is 277 g/mol. The number of amides is 3. The van der Waals surface area contributed by atoms with Crippen LogP contribution in [0.4, 0.5) is 4.79 Å². The molecule has 0 spiro atoms. The fraction of sp³-hybridized carbons (Fsp3) is 0.385. The zero-order valence-electron chi connectivity index (χ0n) is 10.9. The Bertz CT molecular complexity index is 532. The molecule has 1 aliphatic heterocycles. The number of nitrogens with zero attached hydrogens (tertiary/aromatic N) is 2. The molecule has 2 rings (SSSR count). The molecule has 0 aliphatic carbocycles. The third-order valence-electron chi connectivity index (χ3n) is 3.24.